The molecule has 2 unspecified atom stereocenters. The zero-order valence-electron chi connectivity index (χ0n) is 12.6. The molecule has 1 spiro atoms. The first-order valence-electron chi connectivity index (χ1n) is 7.72. The minimum absolute atomic E-state index is 0. The van der Waals surface area contributed by atoms with Crippen molar-refractivity contribution >= 4 is 12.2 Å². The molecule has 0 N–H and O–H groups in total. The zero-order chi connectivity index (χ0) is 13.9. The maximum Gasteiger partial charge on any atom is -1.00 e. The van der Waals surface area contributed by atoms with E-state index < -0.39 is 23.2 Å². The number of hydrogen-bond donors (Lipinski definition) is 0. The molecular weight excluding hydrogens is 402 g/mol. The molecule has 3 aliphatic rings. The number of fused-ring (bicyclic) bond motifs is 5. The number of rotatable bonds is 0. The largest absolute Gasteiger partial charge is 1.00 e. The van der Waals surface area contributed by atoms with Gasteiger partial charge in [-0.3, -0.25) is 0 Å². The third-order valence-electron chi connectivity index (χ3n) is 5.22. The number of allylic oxidation sites excluding steroid dienone is 2. The Labute approximate surface area is 161 Å². The Morgan fingerprint density at radius 1 is 0.913 bits per heavy atom. The fraction of sp³-hybridized carbons (Fsp3) is 0.200. The Kier molecular flexibility index (Phi) is 4.76. The van der Waals surface area contributed by atoms with Gasteiger partial charge >= 0.3 is 137 Å². The van der Waals surface area contributed by atoms with Gasteiger partial charge in [0, 0.05) is 0 Å². The zero-order valence-corrected chi connectivity index (χ0v) is 16.6. The SMILES string of the molecule is C1=C[C]2(CCC3=Cc4ccccc4[CH]3[Zr+2]2)c2ccccc21.[Cl-].[Cl-]. The molecule has 0 radical (unpaired) electrons. The third kappa shape index (κ3) is 2.53. The van der Waals surface area contributed by atoms with Crippen molar-refractivity contribution in [3.8, 4) is 0 Å². The molecule has 0 nitrogen and oxygen atoms in total. The Bertz CT molecular complexity index is 809. The minimum atomic E-state index is -0.602. The van der Waals surface area contributed by atoms with Gasteiger partial charge in [-0.15, -0.1) is 0 Å². The van der Waals surface area contributed by atoms with Crippen LogP contribution < -0.4 is 24.8 Å². The van der Waals surface area contributed by atoms with Crippen molar-refractivity contribution in [2.75, 3.05) is 0 Å². The van der Waals surface area contributed by atoms with Crippen LogP contribution in [0.3, 0.4) is 0 Å². The van der Waals surface area contributed by atoms with Gasteiger partial charge in [-0.25, -0.2) is 0 Å². The van der Waals surface area contributed by atoms with Gasteiger partial charge in [0.15, 0.2) is 0 Å². The molecule has 0 bridgehead atoms. The number of benzene rings is 2. The summed E-state index contributed by atoms with van der Waals surface area (Å²) in [5.74, 6) is 0. The maximum atomic E-state index is 2.56. The second-order valence-electron chi connectivity index (χ2n) is 6.32. The van der Waals surface area contributed by atoms with Gasteiger partial charge in [-0.1, -0.05) is 0 Å². The van der Waals surface area contributed by atoms with Gasteiger partial charge in [-0.2, -0.15) is 0 Å². The van der Waals surface area contributed by atoms with Crippen LogP contribution in [0.4, 0.5) is 0 Å². The van der Waals surface area contributed by atoms with Crippen LogP contribution in [0.1, 0.15) is 38.7 Å². The van der Waals surface area contributed by atoms with Crippen molar-refractivity contribution in [3.05, 3.63) is 82.4 Å². The van der Waals surface area contributed by atoms with E-state index >= 15 is 0 Å². The van der Waals surface area contributed by atoms with Crippen LogP contribution in [0.2, 0.25) is 0 Å². The molecular formula is C20H16Cl2Zr. The van der Waals surface area contributed by atoms with Crippen LogP contribution in [0, 0.1) is 0 Å². The smallest absolute Gasteiger partial charge is 1.00 e. The first kappa shape index (κ1) is 17.2. The molecule has 1 heterocycles. The minimum Gasteiger partial charge on any atom is -1.00 e. The Morgan fingerprint density at radius 2 is 1.65 bits per heavy atom. The summed E-state index contributed by atoms with van der Waals surface area (Å²) in [6.07, 6.45) is 10.0. The molecule has 0 aromatic heterocycles. The fourth-order valence-electron chi connectivity index (χ4n) is 4.16. The molecule has 1 fully saturated rings. The molecule has 1 saturated heterocycles. The van der Waals surface area contributed by atoms with Crippen LogP contribution in [0.15, 0.2) is 60.2 Å². The second-order valence-corrected chi connectivity index (χ2v) is 10.6. The monoisotopic (exact) mass is 416 g/mol. The Morgan fingerprint density at radius 3 is 2.52 bits per heavy atom. The normalized spacial score (nSPS) is 25.0. The summed E-state index contributed by atoms with van der Waals surface area (Å²) in [4.78, 5) is 0. The first-order valence-corrected chi connectivity index (χ1v) is 10.4. The number of halogens is 2. The van der Waals surface area contributed by atoms with Crippen LogP contribution >= 0.6 is 0 Å². The van der Waals surface area contributed by atoms with Gasteiger partial charge in [0.2, 0.25) is 0 Å². The summed E-state index contributed by atoms with van der Waals surface area (Å²) in [5.41, 5.74) is 7.94. The molecule has 2 aromatic carbocycles. The van der Waals surface area contributed by atoms with Gasteiger partial charge in [0.1, 0.15) is 0 Å². The van der Waals surface area contributed by atoms with Gasteiger partial charge in [0.05, 0.1) is 0 Å². The van der Waals surface area contributed by atoms with Gasteiger partial charge < -0.3 is 24.8 Å². The standard InChI is InChI=1S/C20H16.2ClH.Zr/c1-2-7-19-14-15(13-18(19)6-1)9-10-17-12-11-16-5-3-4-8-20(16)17;;;/h1-8,11-14H,9-10H2;2*1H;/q;;;+2/p-2. The van der Waals surface area contributed by atoms with E-state index in [4.69, 9.17) is 0 Å². The van der Waals surface area contributed by atoms with Gasteiger partial charge in [-0.05, 0) is 0 Å². The summed E-state index contributed by atoms with van der Waals surface area (Å²) in [6, 6.07) is 18.1. The van der Waals surface area contributed by atoms with Crippen molar-refractivity contribution in [1.82, 2.24) is 0 Å². The maximum absolute atomic E-state index is 2.56. The summed E-state index contributed by atoms with van der Waals surface area (Å²) in [5, 5.41) is 0. The Balaban J connectivity index is 0.000000781. The first-order chi connectivity index (χ1) is 10.4. The van der Waals surface area contributed by atoms with E-state index in [1.807, 2.05) is 0 Å². The molecule has 2 atom stereocenters. The molecule has 1 aliphatic heterocycles. The summed E-state index contributed by atoms with van der Waals surface area (Å²) in [7, 11) is 0. The third-order valence-corrected chi connectivity index (χ3v) is 10.6. The van der Waals surface area contributed by atoms with Crippen LogP contribution in [0.25, 0.3) is 12.2 Å². The van der Waals surface area contributed by atoms with Crippen molar-refractivity contribution in [3.63, 3.8) is 0 Å². The molecule has 2 aliphatic carbocycles. The molecule has 5 rings (SSSR count). The van der Waals surface area contributed by atoms with Crippen molar-refractivity contribution in [2.45, 2.75) is 19.6 Å². The predicted octanol–water partition coefficient (Wildman–Crippen LogP) is -1.07. The molecule has 3 heteroatoms. The van der Waals surface area contributed by atoms with Crippen molar-refractivity contribution in [2.24, 2.45) is 0 Å². The average molecular weight is 418 g/mol. The fourth-order valence-corrected chi connectivity index (χ4v) is 9.52. The van der Waals surface area contributed by atoms with E-state index in [0.717, 1.165) is 3.63 Å². The van der Waals surface area contributed by atoms with E-state index in [2.05, 4.69) is 66.8 Å². The van der Waals surface area contributed by atoms with Crippen molar-refractivity contribution < 1.29 is 48.0 Å². The van der Waals surface area contributed by atoms with E-state index in [9.17, 15) is 0 Å². The van der Waals surface area contributed by atoms with Gasteiger partial charge in [0.25, 0.3) is 0 Å². The molecule has 0 saturated carbocycles. The molecule has 0 amide bonds. The second kappa shape index (κ2) is 6.36. The van der Waals surface area contributed by atoms with Crippen LogP contribution in [-0.2, 0) is 26.4 Å². The molecule has 2 aromatic rings. The van der Waals surface area contributed by atoms with E-state index in [1.165, 1.54) is 24.0 Å². The summed E-state index contributed by atoms with van der Waals surface area (Å²) < 4.78 is 1.24. The predicted molar refractivity (Wildman–Crippen MR) is 83.5 cm³/mol. The quantitative estimate of drug-likeness (QED) is 0.512. The van der Waals surface area contributed by atoms with E-state index in [-0.39, 0.29) is 24.8 Å². The Hall–Kier alpha value is -0.617. The summed E-state index contributed by atoms with van der Waals surface area (Å²) >= 11 is -0.602. The number of hydrogen-bond acceptors (Lipinski definition) is 0. The van der Waals surface area contributed by atoms with E-state index in [1.54, 1.807) is 16.7 Å². The molecule has 23 heavy (non-hydrogen) atoms. The average Bonchev–Trinajstić information content (AvgIpc) is 3.08. The molecule has 114 valence electrons. The van der Waals surface area contributed by atoms with Crippen LogP contribution in [0.5, 0.6) is 0 Å². The van der Waals surface area contributed by atoms with E-state index in [0.29, 0.717) is 3.12 Å². The summed E-state index contributed by atoms with van der Waals surface area (Å²) in [6.45, 7) is 0. The van der Waals surface area contributed by atoms with Crippen LogP contribution in [-0.4, -0.2) is 0 Å². The van der Waals surface area contributed by atoms with Crippen molar-refractivity contribution in [1.29, 1.82) is 0 Å². The topological polar surface area (TPSA) is 0 Å².